The monoisotopic (exact) mass is 275 g/mol. The summed E-state index contributed by atoms with van der Waals surface area (Å²) in [6, 6.07) is 0.180. The van der Waals surface area contributed by atoms with E-state index in [1.807, 2.05) is 25.6 Å². The van der Waals surface area contributed by atoms with Crippen LogP contribution < -0.4 is 5.32 Å². The maximum absolute atomic E-state index is 11.3. The van der Waals surface area contributed by atoms with Gasteiger partial charge in [0.2, 0.25) is 0 Å². The Bertz CT molecular complexity index is 267. The average molecular weight is 275 g/mol. The van der Waals surface area contributed by atoms with Crippen molar-refractivity contribution in [3.05, 3.63) is 0 Å². The zero-order valence-corrected chi connectivity index (χ0v) is 12.4. The van der Waals surface area contributed by atoms with Gasteiger partial charge in [-0.3, -0.25) is 10.1 Å². The van der Waals surface area contributed by atoms with Gasteiger partial charge in [0, 0.05) is 24.5 Å². The molecule has 4 nitrogen and oxygen atoms in total. The van der Waals surface area contributed by atoms with Gasteiger partial charge in [0.05, 0.1) is 0 Å². The number of carboxylic acid groups (broad SMARTS) is 1. The van der Waals surface area contributed by atoms with E-state index in [4.69, 9.17) is 4.74 Å². The Morgan fingerprint density at radius 3 is 2.61 bits per heavy atom. The number of carboxylic acids is 1. The van der Waals surface area contributed by atoms with Gasteiger partial charge in [0.15, 0.2) is 0 Å². The molecule has 0 aliphatic carbocycles. The first-order valence-corrected chi connectivity index (χ1v) is 7.69. The molecule has 0 amide bonds. The Labute approximate surface area is 114 Å². The van der Waals surface area contributed by atoms with E-state index in [0.29, 0.717) is 11.7 Å². The van der Waals surface area contributed by atoms with E-state index in [0.717, 1.165) is 31.8 Å². The van der Waals surface area contributed by atoms with Crippen LogP contribution in [0.15, 0.2) is 0 Å². The lowest BCUT2D eigenvalue weighted by atomic mass is 9.98. The van der Waals surface area contributed by atoms with Gasteiger partial charge in [-0.05, 0) is 45.8 Å². The summed E-state index contributed by atoms with van der Waals surface area (Å²) >= 11 is 1.89. The second-order valence-corrected chi connectivity index (χ2v) is 6.78. The molecule has 106 valence electrons. The summed E-state index contributed by atoms with van der Waals surface area (Å²) in [6.45, 7) is 7.43. The highest BCUT2D eigenvalue weighted by molar-refractivity contribution is 7.99. The molecule has 1 heterocycles. The molecule has 1 unspecified atom stereocenters. The number of nitrogens with one attached hydrogen (secondary N) is 1. The number of ether oxygens (including phenoxy) is 1. The van der Waals surface area contributed by atoms with E-state index >= 15 is 0 Å². The smallest absolute Gasteiger partial charge is 0.323 e. The van der Waals surface area contributed by atoms with Crippen LogP contribution >= 0.6 is 11.8 Å². The van der Waals surface area contributed by atoms with Crippen LogP contribution in [0.25, 0.3) is 0 Å². The molecule has 0 bridgehead atoms. The minimum atomic E-state index is -0.813. The molecule has 0 saturated carbocycles. The largest absolute Gasteiger partial charge is 0.480 e. The van der Waals surface area contributed by atoms with Crippen molar-refractivity contribution < 1.29 is 14.6 Å². The van der Waals surface area contributed by atoms with Gasteiger partial charge >= 0.3 is 5.97 Å². The fraction of sp³-hybridized carbons (Fsp3) is 0.923. The van der Waals surface area contributed by atoms with Crippen LogP contribution in [0, 0.1) is 0 Å². The first kappa shape index (κ1) is 15.8. The van der Waals surface area contributed by atoms with E-state index in [-0.39, 0.29) is 6.04 Å². The summed E-state index contributed by atoms with van der Waals surface area (Å²) in [4.78, 5) is 11.3. The van der Waals surface area contributed by atoms with E-state index in [1.54, 1.807) is 6.92 Å². The van der Waals surface area contributed by atoms with Crippen molar-refractivity contribution >= 4 is 17.7 Å². The van der Waals surface area contributed by atoms with Crippen LogP contribution in [-0.4, -0.2) is 46.9 Å². The quantitative estimate of drug-likeness (QED) is 0.745. The van der Waals surface area contributed by atoms with Crippen LogP contribution in [0.3, 0.4) is 0 Å². The zero-order valence-electron chi connectivity index (χ0n) is 11.6. The molecule has 0 radical (unpaired) electrons. The number of carbonyl (C=O) groups is 1. The molecule has 18 heavy (non-hydrogen) atoms. The van der Waals surface area contributed by atoms with E-state index in [2.05, 4.69) is 5.32 Å². The third-order valence-corrected chi connectivity index (χ3v) is 4.59. The average Bonchev–Trinajstić information content (AvgIpc) is 2.29. The van der Waals surface area contributed by atoms with E-state index in [1.165, 1.54) is 0 Å². The van der Waals surface area contributed by atoms with Crippen molar-refractivity contribution in [3.63, 3.8) is 0 Å². The number of aliphatic carboxylic acids is 1. The number of rotatable bonds is 7. The normalized spacial score (nSPS) is 20.9. The molecule has 1 atom stereocenters. The van der Waals surface area contributed by atoms with Crippen LogP contribution in [0.1, 0.15) is 40.0 Å². The summed E-state index contributed by atoms with van der Waals surface area (Å²) in [7, 11) is 0. The molecular weight excluding hydrogens is 250 g/mol. The second-order valence-electron chi connectivity index (χ2n) is 5.37. The van der Waals surface area contributed by atoms with Crippen molar-refractivity contribution in [1.82, 2.24) is 5.32 Å². The minimum Gasteiger partial charge on any atom is -0.480 e. The predicted octanol–water partition coefficient (Wildman–Crippen LogP) is 2.13. The number of hydrogen-bond acceptors (Lipinski definition) is 4. The van der Waals surface area contributed by atoms with Gasteiger partial charge in [-0.25, -0.2) is 0 Å². The van der Waals surface area contributed by atoms with Crippen molar-refractivity contribution in [2.45, 2.75) is 56.9 Å². The van der Waals surface area contributed by atoms with Crippen molar-refractivity contribution in [2.75, 3.05) is 19.0 Å². The Balaban J connectivity index is 2.35. The maximum atomic E-state index is 11.3. The summed E-state index contributed by atoms with van der Waals surface area (Å²) in [5.41, 5.74) is -0.813. The lowest BCUT2D eigenvalue weighted by Crippen LogP contribution is -2.52. The Morgan fingerprint density at radius 2 is 2.11 bits per heavy atom. The molecule has 1 aliphatic rings. The minimum absolute atomic E-state index is 0.180. The van der Waals surface area contributed by atoms with Crippen LogP contribution in [0.2, 0.25) is 0 Å². The molecule has 2 N–H and O–H groups in total. The van der Waals surface area contributed by atoms with Gasteiger partial charge in [0.25, 0.3) is 0 Å². The lowest BCUT2D eigenvalue weighted by Gasteiger charge is -2.29. The van der Waals surface area contributed by atoms with Gasteiger partial charge < -0.3 is 9.84 Å². The molecule has 1 fully saturated rings. The molecule has 0 spiro atoms. The zero-order chi connectivity index (χ0) is 13.6. The van der Waals surface area contributed by atoms with Gasteiger partial charge in [-0.1, -0.05) is 0 Å². The predicted molar refractivity (Wildman–Crippen MR) is 75.2 cm³/mol. The lowest BCUT2D eigenvalue weighted by molar-refractivity contribution is -0.144. The first-order valence-electron chi connectivity index (χ1n) is 6.64. The molecular formula is C13H25NO3S. The van der Waals surface area contributed by atoms with Crippen LogP contribution in [-0.2, 0) is 9.53 Å². The molecule has 0 aromatic heterocycles. The summed E-state index contributed by atoms with van der Waals surface area (Å²) in [6.07, 6.45) is 2.83. The topological polar surface area (TPSA) is 58.6 Å². The molecule has 1 aliphatic heterocycles. The third-order valence-electron chi connectivity index (χ3n) is 3.20. The van der Waals surface area contributed by atoms with Crippen molar-refractivity contribution in [3.8, 4) is 0 Å². The standard InChI is InChI=1S/C13H25NO3S/c1-10(2)14-13(3,12(15)16)6-9-18-11-4-7-17-8-5-11/h10-11,14H,4-9H2,1-3H3,(H,15,16). The first-order chi connectivity index (χ1) is 8.44. The molecule has 0 aromatic rings. The molecule has 1 saturated heterocycles. The summed E-state index contributed by atoms with van der Waals surface area (Å²) < 4.78 is 5.32. The molecule has 5 heteroatoms. The van der Waals surface area contributed by atoms with Crippen molar-refractivity contribution in [1.29, 1.82) is 0 Å². The van der Waals surface area contributed by atoms with Gasteiger partial charge in [-0.15, -0.1) is 0 Å². The maximum Gasteiger partial charge on any atom is 0.323 e. The fourth-order valence-corrected chi connectivity index (χ4v) is 3.54. The molecule has 0 aromatic carbocycles. The number of thioether (sulfide) groups is 1. The Kier molecular flexibility index (Phi) is 6.46. The Hall–Kier alpha value is -0.260. The SMILES string of the molecule is CC(C)NC(C)(CCSC1CCOCC1)C(=O)O. The van der Waals surface area contributed by atoms with E-state index in [9.17, 15) is 9.90 Å². The van der Waals surface area contributed by atoms with Gasteiger partial charge in [-0.2, -0.15) is 11.8 Å². The summed E-state index contributed by atoms with van der Waals surface area (Å²) in [5, 5.41) is 13.1. The fourth-order valence-electron chi connectivity index (χ4n) is 2.15. The summed E-state index contributed by atoms with van der Waals surface area (Å²) in [5.74, 6) is 0.122. The van der Waals surface area contributed by atoms with Gasteiger partial charge in [0.1, 0.15) is 5.54 Å². The number of hydrogen-bond donors (Lipinski definition) is 2. The third kappa shape index (κ3) is 5.16. The van der Waals surface area contributed by atoms with Crippen molar-refractivity contribution in [2.24, 2.45) is 0 Å². The highest BCUT2D eigenvalue weighted by Gasteiger charge is 2.33. The van der Waals surface area contributed by atoms with Crippen LogP contribution in [0.5, 0.6) is 0 Å². The second kappa shape index (κ2) is 7.36. The van der Waals surface area contributed by atoms with E-state index < -0.39 is 11.5 Å². The molecule has 1 rings (SSSR count). The van der Waals surface area contributed by atoms with Crippen LogP contribution in [0.4, 0.5) is 0 Å². The Morgan fingerprint density at radius 1 is 1.50 bits per heavy atom. The highest BCUT2D eigenvalue weighted by atomic mass is 32.2. The highest BCUT2D eigenvalue weighted by Crippen LogP contribution is 2.25.